The standard InChI is InChI=1S/C85H79N11/c1-44(2)69-43-62-34-50(22-28-63(62)86-69)51-23-31-66-72(38-51)94-83(89-66)59-19-13-16-56(35-59)78-75(45(3)4)79(57-17-14-20-60(36-57)84-90-67-32-26-54(41-73(67)95-84)52-24-29-64-70(39-52)92-81(87-64)48(9)10)77(47(7)8)80(76(78)46(5)6)58-18-15-21-61(37-58)85-91-68-33-27-55(42-74(68)96-85)53-25-30-65-71(40-53)93-82(88-65)49(11)12/h13-42,44-49H,43H2,1-12H3,(H,87,92)(H,88,93)(H,89,94)(H,90,95)(H,91,96). The van der Waals surface area contributed by atoms with Crippen molar-refractivity contribution in [2.75, 3.05) is 0 Å². The summed E-state index contributed by atoms with van der Waals surface area (Å²) in [5.74, 6) is 5.87. The van der Waals surface area contributed by atoms with Crippen LogP contribution in [0.25, 0.3) is 156 Å². The first-order valence-electron chi connectivity index (χ1n) is 34.2. The maximum atomic E-state index is 5.31. The van der Waals surface area contributed by atoms with E-state index in [1.165, 1.54) is 50.2 Å². The third kappa shape index (κ3) is 10.7. The van der Waals surface area contributed by atoms with Gasteiger partial charge in [0.1, 0.15) is 29.1 Å². The molecular formula is C85H79N11. The van der Waals surface area contributed by atoms with Gasteiger partial charge in [0.2, 0.25) is 0 Å². The van der Waals surface area contributed by atoms with Crippen LogP contribution < -0.4 is 0 Å². The molecule has 0 bridgehead atoms. The molecule has 1 aliphatic heterocycles. The number of aromatic amines is 5. The Hall–Kier alpha value is -10.8. The number of hydrogen-bond donors (Lipinski definition) is 5. The highest BCUT2D eigenvalue weighted by Crippen LogP contribution is 2.53. The van der Waals surface area contributed by atoms with Crippen molar-refractivity contribution in [1.29, 1.82) is 0 Å². The van der Waals surface area contributed by atoms with Crippen molar-refractivity contribution in [3.63, 3.8) is 0 Å². The molecule has 5 N–H and O–H groups in total. The lowest BCUT2D eigenvalue weighted by atomic mass is 9.71. The summed E-state index contributed by atoms with van der Waals surface area (Å²) in [6, 6.07) is 66.5. The number of H-pyrrole nitrogens is 5. The van der Waals surface area contributed by atoms with Crippen molar-refractivity contribution >= 4 is 66.6 Å². The minimum atomic E-state index is 0.117. The molecule has 16 rings (SSSR count). The van der Waals surface area contributed by atoms with Gasteiger partial charge in [-0.2, -0.15) is 0 Å². The van der Waals surface area contributed by atoms with E-state index in [2.05, 4.69) is 290 Å². The Morgan fingerprint density at radius 1 is 0.271 bits per heavy atom. The second-order valence-electron chi connectivity index (χ2n) is 28.3. The van der Waals surface area contributed by atoms with Crippen LogP contribution in [-0.2, 0) is 6.42 Å². The Labute approximate surface area is 560 Å². The monoisotopic (exact) mass is 1250 g/mol. The second kappa shape index (κ2) is 23.6. The van der Waals surface area contributed by atoms with E-state index in [0.717, 1.165) is 158 Å². The third-order valence-corrected chi connectivity index (χ3v) is 19.5. The fourth-order valence-electron chi connectivity index (χ4n) is 14.6. The molecule has 15 aromatic rings. The maximum Gasteiger partial charge on any atom is 0.138 e. The largest absolute Gasteiger partial charge is 0.342 e. The highest BCUT2D eigenvalue weighted by Gasteiger charge is 2.31. The van der Waals surface area contributed by atoms with Gasteiger partial charge < -0.3 is 24.9 Å². The molecule has 96 heavy (non-hydrogen) atoms. The highest BCUT2D eigenvalue weighted by molar-refractivity contribution is 5.99. The van der Waals surface area contributed by atoms with Crippen LogP contribution in [0.1, 0.15) is 147 Å². The Morgan fingerprint density at radius 2 is 0.573 bits per heavy atom. The molecule has 1 aliphatic rings. The summed E-state index contributed by atoms with van der Waals surface area (Å²) in [7, 11) is 0. The molecule has 0 amide bonds. The topological polar surface area (TPSA) is 156 Å². The smallest absolute Gasteiger partial charge is 0.138 e. The lowest BCUT2D eigenvalue weighted by Gasteiger charge is -2.32. The molecule has 11 nitrogen and oxygen atoms in total. The van der Waals surface area contributed by atoms with Crippen molar-refractivity contribution in [2.24, 2.45) is 10.9 Å². The van der Waals surface area contributed by atoms with Gasteiger partial charge in [-0.3, -0.25) is 4.99 Å². The molecule has 11 heteroatoms. The number of hydrogen-bond acceptors (Lipinski definition) is 6. The van der Waals surface area contributed by atoms with Gasteiger partial charge >= 0.3 is 0 Å². The Balaban J connectivity index is 0.838. The van der Waals surface area contributed by atoms with E-state index in [-0.39, 0.29) is 17.8 Å². The summed E-state index contributed by atoms with van der Waals surface area (Å²) < 4.78 is 0. The van der Waals surface area contributed by atoms with E-state index in [1.54, 1.807) is 0 Å². The molecule has 0 aliphatic carbocycles. The highest BCUT2D eigenvalue weighted by atomic mass is 14.9. The zero-order valence-electron chi connectivity index (χ0n) is 56.7. The fraction of sp³-hybridized carbons (Fsp3) is 0.224. The number of rotatable bonds is 15. The van der Waals surface area contributed by atoms with E-state index in [1.807, 2.05) is 0 Å². The summed E-state index contributed by atoms with van der Waals surface area (Å²) in [5.41, 5.74) is 34.4. The minimum absolute atomic E-state index is 0.117. The molecule has 10 aromatic carbocycles. The number of aromatic nitrogens is 10. The van der Waals surface area contributed by atoms with E-state index in [4.69, 9.17) is 29.9 Å². The first kappa shape index (κ1) is 60.2. The summed E-state index contributed by atoms with van der Waals surface area (Å²) in [6.07, 6.45) is 0.901. The van der Waals surface area contributed by atoms with Crippen LogP contribution in [0.2, 0.25) is 0 Å². The maximum absolute atomic E-state index is 5.31. The molecule has 6 heterocycles. The number of nitrogens with one attached hydrogen (secondary N) is 5. The van der Waals surface area contributed by atoms with Crippen molar-refractivity contribution < 1.29 is 0 Å². The SMILES string of the molecule is CC(C)C1=Nc2ccc(-c3ccc4nc(-c5cccc(-c6c(C(C)C)c(-c7cccc(-c8nc9ccc(-c%10ccc%11nc(C(C)C)[nH]c%11c%10)cc9[nH]8)c7)c(C(C)C)c(-c7cccc(-c8nc9ccc(-c%10ccc%11nc(C(C)C)[nH]c%11c%10)cc9[nH]8)c7)c6C(C)C)c5)[nH]c4c3)cc2C1. The van der Waals surface area contributed by atoms with Gasteiger partial charge in [0.05, 0.1) is 60.9 Å². The molecule has 474 valence electrons. The van der Waals surface area contributed by atoms with Crippen molar-refractivity contribution in [1.82, 2.24) is 49.8 Å². The zero-order chi connectivity index (χ0) is 65.9. The van der Waals surface area contributed by atoms with Gasteiger partial charge in [0.15, 0.2) is 0 Å². The molecule has 0 fully saturated rings. The Kier molecular flexibility index (Phi) is 14.8. The third-order valence-electron chi connectivity index (χ3n) is 19.5. The predicted molar refractivity (Wildman–Crippen MR) is 400 cm³/mol. The van der Waals surface area contributed by atoms with E-state index < -0.39 is 0 Å². The fourth-order valence-corrected chi connectivity index (χ4v) is 14.6. The lowest BCUT2D eigenvalue weighted by molar-refractivity contribution is 0.799. The van der Waals surface area contributed by atoms with Gasteiger partial charge in [-0.25, -0.2) is 24.9 Å². The van der Waals surface area contributed by atoms with E-state index >= 15 is 0 Å². The van der Waals surface area contributed by atoms with Crippen LogP contribution >= 0.6 is 0 Å². The molecule has 0 saturated carbocycles. The van der Waals surface area contributed by atoms with Crippen LogP contribution in [0.4, 0.5) is 5.69 Å². The number of imidazole rings is 5. The predicted octanol–water partition coefficient (Wildman–Crippen LogP) is 23.0. The number of aliphatic imine (C=N–C) groups is 1. The van der Waals surface area contributed by atoms with Crippen molar-refractivity contribution in [3.8, 4) is 101 Å². The molecular weight excluding hydrogens is 1180 g/mol. The second-order valence-corrected chi connectivity index (χ2v) is 28.3. The average Bonchev–Trinajstić information content (AvgIpc) is 0.870. The molecule has 5 aromatic heterocycles. The lowest BCUT2D eigenvalue weighted by Crippen LogP contribution is -2.11. The van der Waals surface area contributed by atoms with Crippen LogP contribution in [0, 0.1) is 5.92 Å². The van der Waals surface area contributed by atoms with Crippen molar-refractivity contribution in [3.05, 3.63) is 216 Å². The first-order valence-corrected chi connectivity index (χ1v) is 34.2. The van der Waals surface area contributed by atoms with E-state index in [0.29, 0.717) is 17.8 Å². The van der Waals surface area contributed by atoms with Gasteiger partial charge in [-0.15, -0.1) is 0 Å². The Morgan fingerprint density at radius 3 is 0.896 bits per heavy atom. The minimum Gasteiger partial charge on any atom is -0.342 e. The molecule has 0 unspecified atom stereocenters. The quantitative estimate of drug-likeness (QED) is 0.0691. The van der Waals surface area contributed by atoms with Gasteiger partial charge in [0.25, 0.3) is 0 Å². The summed E-state index contributed by atoms with van der Waals surface area (Å²) in [5, 5.41) is 0. The van der Waals surface area contributed by atoms with Crippen LogP contribution in [-0.4, -0.2) is 55.6 Å². The van der Waals surface area contributed by atoms with Crippen LogP contribution in [0.15, 0.2) is 187 Å². The normalized spacial score (nSPS) is 12.8. The summed E-state index contributed by atoms with van der Waals surface area (Å²) in [6.45, 7) is 27.3. The van der Waals surface area contributed by atoms with Gasteiger partial charge in [-0.05, 0) is 204 Å². The number of benzene rings is 10. The van der Waals surface area contributed by atoms with Crippen LogP contribution in [0.5, 0.6) is 0 Å². The molecule has 0 radical (unpaired) electrons. The Bertz CT molecular complexity index is 5370. The number of nitrogens with zero attached hydrogens (tertiary/aromatic N) is 6. The van der Waals surface area contributed by atoms with E-state index in [9.17, 15) is 0 Å². The molecule has 0 atom stereocenters. The molecule has 0 spiro atoms. The van der Waals surface area contributed by atoms with Crippen molar-refractivity contribution in [2.45, 2.75) is 119 Å². The summed E-state index contributed by atoms with van der Waals surface area (Å²) in [4.78, 5) is 49.0. The molecule has 0 saturated heterocycles. The average molecular weight is 1250 g/mol. The summed E-state index contributed by atoms with van der Waals surface area (Å²) >= 11 is 0. The zero-order valence-corrected chi connectivity index (χ0v) is 56.7. The van der Waals surface area contributed by atoms with Gasteiger partial charge in [0, 0.05) is 40.7 Å². The first-order chi connectivity index (χ1) is 46.4. The van der Waals surface area contributed by atoms with Crippen LogP contribution in [0.3, 0.4) is 0 Å². The van der Waals surface area contributed by atoms with Gasteiger partial charge in [-0.1, -0.05) is 174 Å². The number of fused-ring (bicyclic) bond motifs is 6.